The van der Waals surface area contributed by atoms with Crippen LogP contribution in [-0.4, -0.2) is 37.7 Å². The molecular weight excluding hydrogens is 242 g/mol. The quantitative estimate of drug-likeness (QED) is 0.877. The van der Waals surface area contributed by atoms with E-state index in [9.17, 15) is 4.79 Å². The van der Waals surface area contributed by atoms with E-state index in [4.69, 9.17) is 0 Å². The van der Waals surface area contributed by atoms with Gasteiger partial charge in [0.25, 0.3) is 5.56 Å². The summed E-state index contributed by atoms with van der Waals surface area (Å²) in [5.74, 6) is 0.739. The standard InChI is InChI=1S/C13H19N5O/c1-17-12-10(8-14-17)13(19)16-11(15-12)9-18-6-4-2-3-5-7-18/h8H,2-7,9H2,1H3,(H,15,16,19). The zero-order valence-electron chi connectivity index (χ0n) is 11.2. The number of rotatable bonds is 2. The second-order valence-corrected chi connectivity index (χ2v) is 5.21. The number of hydrogen-bond donors (Lipinski definition) is 1. The molecule has 6 heteroatoms. The lowest BCUT2D eigenvalue weighted by Crippen LogP contribution is -2.26. The molecule has 102 valence electrons. The van der Waals surface area contributed by atoms with Crippen LogP contribution >= 0.6 is 0 Å². The molecule has 0 atom stereocenters. The summed E-state index contributed by atoms with van der Waals surface area (Å²) in [6.45, 7) is 2.90. The summed E-state index contributed by atoms with van der Waals surface area (Å²) in [6, 6.07) is 0. The molecule has 0 aliphatic carbocycles. The van der Waals surface area contributed by atoms with Gasteiger partial charge < -0.3 is 4.98 Å². The maximum absolute atomic E-state index is 12.0. The molecule has 0 amide bonds. The van der Waals surface area contributed by atoms with Gasteiger partial charge in [-0.2, -0.15) is 5.10 Å². The maximum Gasteiger partial charge on any atom is 0.262 e. The number of hydrogen-bond acceptors (Lipinski definition) is 4. The van der Waals surface area contributed by atoms with Gasteiger partial charge in [0.1, 0.15) is 11.2 Å². The Hall–Kier alpha value is -1.69. The molecule has 2 aromatic heterocycles. The van der Waals surface area contributed by atoms with E-state index in [-0.39, 0.29) is 5.56 Å². The first kappa shape index (κ1) is 12.3. The third-order valence-electron chi connectivity index (χ3n) is 3.72. The third kappa shape index (κ3) is 2.53. The Kier molecular flexibility index (Phi) is 3.33. The average molecular weight is 261 g/mol. The van der Waals surface area contributed by atoms with E-state index in [1.165, 1.54) is 25.7 Å². The zero-order valence-corrected chi connectivity index (χ0v) is 11.2. The average Bonchev–Trinajstić information content (AvgIpc) is 2.62. The van der Waals surface area contributed by atoms with Crippen molar-refractivity contribution in [2.75, 3.05) is 13.1 Å². The van der Waals surface area contributed by atoms with Crippen molar-refractivity contribution >= 4 is 11.0 Å². The van der Waals surface area contributed by atoms with E-state index in [0.717, 1.165) is 25.5 Å². The van der Waals surface area contributed by atoms with Gasteiger partial charge >= 0.3 is 0 Å². The van der Waals surface area contributed by atoms with Gasteiger partial charge in [-0.15, -0.1) is 0 Å². The molecule has 0 spiro atoms. The van der Waals surface area contributed by atoms with E-state index in [1.54, 1.807) is 10.9 Å². The number of aromatic nitrogens is 4. The molecule has 1 N–H and O–H groups in total. The van der Waals surface area contributed by atoms with Crippen molar-refractivity contribution in [3.63, 3.8) is 0 Å². The molecule has 0 radical (unpaired) electrons. The van der Waals surface area contributed by atoms with Crippen molar-refractivity contribution in [2.24, 2.45) is 7.05 Å². The van der Waals surface area contributed by atoms with Crippen LogP contribution in [-0.2, 0) is 13.6 Å². The van der Waals surface area contributed by atoms with Crippen molar-refractivity contribution in [3.8, 4) is 0 Å². The number of H-pyrrole nitrogens is 1. The molecule has 3 rings (SSSR count). The lowest BCUT2D eigenvalue weighted by atomic mass is 10.2. The third-order valence-corrected chi connectivity index (χ3v) is 3.72. The van der Waals surface area contributed by atoms with Crippen LogP contribution in [0.25, 0.3) is 11.0 Å². The molecule has 3 heterocycles. The Bertz CT molecular complexity index is 621. The van der Waals surface area contributed by atoms with Gasteiger partial charge in [-0.05, 0) is 25.9 Å². The summed E-state index contributed by atoms with van der Waals surface area (Å²) >= 11 is 0. The highest BCUT2D eigenvalue weighted by Crippen LogP contribution is 2.12. The smallest absolute Gasteiger partial charge is 0.262 e. The Labute approximate surface area is 111 Å². The van der Waals surface area contributed by atoms with Crippen LogP contribution < -0.4 is 5.56 Å². The van der Waals surface area contributed by atoms with Gasteiger partial charge in [0.15, 0.2) is 5.65 Å². The summed E-state index contributed by atoms with van der Waals surface area (Å²) in [7, 11) is 1.81. The number of aromatic amines is 1. The van der Waals surface area contributed by atoms with Gasteiger partial charge in [-0.25, -0.2) is 4.98 Å². The first-order valence-electron chi connectivity index (χ1n) is 6.87. The predicted molar refractivity (Wildman–Crippen MR) is 72.9 cm³/mol. The van der Waals surface area contributed by atoms with E-state index in [2.05, 4.69) is 20.0 Å². The van der Waals surface area contributed by atoms with Crippen molar-refractivity contribution in [3.05, 3.63) is 22.4 Å². The SMILES string of the molecule is Cn1ncc2c(=O)[nH]c(CN3CCCCCC3)nc21. The lowest BCUT2D eigenvalue weighted by Gasteiger charge is -2.18. The number of nitrogens with one attached hydrogen (secondary N) is 1. The van der Waals surface area contributed by atoms with Crippen LogP contribution in [0.4, 0.5) is 0 Å². The Morgan fingerprint density at radius 2 is 2.00 bits per heavy atom. The molecular formula is C13H19N5O. The van der Waals surface area contributed by atoms with E-state index < -0.39 is 0 Å². The molecule has 0 saturated carbocycles. The van der Waals surface area contributed by atoms with Crippen LogP contribution in [0.15, 0.2) is 11.0 Å². The fourth-order valence-corrected chi connectivity index (χ4v) is 2.66. The molecule has 1 saturated heterocycles. The topological polar surface area (TPSA) is 66.8 Å². The van der Waals surface area contributed by atoms with Crippen LogP contribution in [0.3, 0.4) is 0 Å². The van der Waals surface area contributed by atoms with Crippen molar-refractivity contribution in [1.82, 2.24) is 24.6 Å². The van der Waals surface area contributed by atoms with Gasteiger partial charge in [-0.3, -0.25) is 14.4 Å². The predicted octanol–water partition coefficient (Wildman–Crippen LogP) is 1.03. The normalized spacial score (nSPS) is 17.7. The molecule has 6 nitrogen and oxygen atoms in total. The fourth-order valence-electron chi connectivity index (χ4n) is 2.66. The maximum atomic E-state index is 12.0. The van der Waals surface area contributed by atoms with Gasteiger partial charge in [0.05, 0.1) is 12.7 Å². The summed E-state index contributed by atoms with van der Waals surface area (Å²) in [5.41, 5.74) is 0.566. The van der Waals surface area contributed by atoms with Crippen molar-refractivity contribution in [1.29, 1.82) is 0 Å². The summed E-state index contributed by atoms with van der Waals surface area (Å²) < 4.78 is 1.65. The first-order valence-corrected chi connectivity index (χ1v) is 6.87. The van der Waals surface area contributed by atoms with Crippen LogP contribution in [0, 0.1) is 0 Å². The number of nitrogens with zero attached hydrogens (tertiary/aromatic N) is 4. The van der Waals surface area contributed by atoms with Crippen LogP contribution in [0.5, 0.6) is 0 Å². The van der Waals surface area contributed by atoms with Crippen molar-refractivity contribution < 1.29 is 0 Å². The highest BCUT2D eigenvalue weighted by molar-refractivity contribution is 5.72. The van der Waals surface area contributed by atoms with Gasteiger partial charge in [0.2, 0.25) is 0 Å². The first-order chi connectivity index (χ1) is 9.24. The van der Waals surface area contributed by atoms with Crippen LogP contribution in [0.2, 0.25) is 0 Å². The van der Waals surface area contributed by atoms with E-state index in [1.807, 2.05) is 7.05 Å². The highest BCUT2D eigenvalue weighted by atomic mass is 16.1. The van der Waals surface area contributed by atoms with Crippen molar-refractivity contribution in [2.45, 2.75) is 32.2 Å². The molecule has 2 aromatic rings. The molecule has 1 fully saturated rings. The van der Waals surface area contributed by atoms with E-state index in [0.29, 0.717) is 11.0 Å². The minimum atomic E-state index is -0.0945. The highest BCUT2D eigenvalue weighted by Gasteiger charge is 2.13. The summed E-state index contributed by atoms with van der Waals surface area (Å²) in [6.07, 6.45) is 6.65. The van der Waals surface area contributed by atoms with Gasteiger partial charge in [0, 0.05) is 7.05 Å². The molecule has 0 bridgehead atoms. The summed E-state index contributed by atoms with van der Waals surface area (Å²) in [5, 5.41) is 4.64. The molecule has 1 aliphatic heterocycles. The molecule has 0 aromatic carbocycles. The molecule has 1 aliphatic rings. The Morgan fingerprint density at radius 3 is 2.74 bits per heavy atom. The minimum absolute atomic E-state index is 0.0945. The van der Waals surface area contributed by atoms with Gasteiger partial charge in [-0.1, -0.05) is 12.8 Å². The number of fused-ring (bicyclic) bond motifs is 1. The Morgan fingerprint density at radius 1 is 1.26 bits per heavy atom. The molecule has 19 heavy (non-hydrogen) atoms. The largest absolute Gasteiger partial charge is 0.309 e. The number of aryl methyl sites for hydroxylation is 1. The Balaban J connectivity index is 1.88. The lowest BCUT2D eigenvalue weighted by molar-refractivity contribution is 0.270. The summed E-state index contributed by atoms with van der Waals surface area (Å²) in [4.78, 5) is 21.7. The second-order valence-electron chi connectivity index (χ2n) is 5.21. The number of likely N-dealkylation sites (tertiary alicyclic amines) is 1. The minimum Gasteiger partial charge on any atom is -0.309 e. The van der Waals surface area contributed by atoms with E-state index >= 15 is 0 Å². The fraction of sp³-hybridized carbons (Fsp3) is 0.615. The molecule has 0 unspecified atom stereocenters. The monoisotopic (exact) mass is 261 g/mol. The zero-order chi connectivity index (χ0) is 13.2. The second kappa shape index (κ2) is 5.13. The van der Waals surface area contributed by atoms with Crippen LogP contribution in [0.1, 0.15) is 31.5 Å².